The Morgan fingerprint density at radius 1 is 0.974 bits per heavy atom. The van der Waals surface area contributed by atoms with Gasteiger partial charge in [0.25, 0.3) is 0 Å². The molecule has 0 saturated carbocycles. The van der Waals surface area contributed by atoms with Crippen LogP contribution >= 0.6 is 0 Å². The number of benzene rings is 2. The maximum absolute atomic E-state index is 13.9. The number of hydrogen-bond donors (Lipinski definition) is 1. The van der Waals surface area contributed by atoms with Crippen LogP contribution in [0.5, 0.6) is 0 Å². The zero-order chi connectivity index (χ0) is 27.9. The van der Waals surface area contributed by atoms with E-state index in [1.165, 1.54) is 4.90 Å². The van der Waals surface area contributed by atoms with Gasteiger partial charge in [-0.1, -0.05) is 73.7 Å². The third-order valence-corrected chi connectivity index (χ3v) is 8.02. The Labute approximate surface area is 231 Å². The van der Waals surface area contributed by atoms with Gasteiger partial charge in [0.1, 0.15) is 6.04 Å². The Bertz CT molecular complexity index is 1200. The average molecular weight is 530 g/mol. The highest BCUT2D eigenvalue weighted by Crippen LogP contribution is 2.35. The first kappa shape index (κ1) is 28.3. The number of likely N-dealkylation sites (tertiary alicyclic amines) is 1. The SMILES string of the molecule is CC[C@@H](C)NC(=O)[C@H](Cc1ccccc1)N(Cc1ccccc1C)C(=O)CCN1C(=O)[C@H]2CC=CC[C@H]2C1=O. The Morgan fingerprint density at radius 3 is 2.21 bits per heavy atom. The fourth-order valence-corrected chi connectivity index (χ4v) is 5.41. The maximum Gasteiger partial charge on any atom is 0.243 e. The number of fused-ring (bicyclic) bond motifs is 1. The molecule has 2 aromatic carbocycles. The second-order valence-electron chi connectivity index (χ2n) is 10.7. The largest absolute Gasteiger partial charge is 0.352 e. The molecule has 0 bridgehead atoms. The van der Waals surface area contributed by atoms with Gasteiger partial charge in [-0.3, -0.25) is 24.1 Å². The first-order valence-corrected chi connectivity index (χ1v) is 14.0. The van der Waals surface area contributed by atoms with Crippen LogP contribution in [0, 0.1) is 18.8 Å². The topological polar surface area (TPSA) is 86.8 Å². The summed E-state index contributed by atoms with van der Waals surface area (Å²) in [6.45, 7) is 6.22. The second-order valence-corrected chi connectivity index (χ2v) is 10.7. The molecule has 1 saturated heterocycles. The molecular formula is C32H39N3O4. The molecule has 1 N–H and O–H groups in total. The Morgan fingerprint density at radius 2 is 1.59 bits per heavy atom. The predicted octanol–water partition coefficient (Wildman–Crippen LogP) is 4.19. The smallest absolute Gasteiger partial charge is 0.243 e. The maximum atomic E-state index is 13.9. The summed E-state index contributed by atoms with van der Waals surface area (Å²) >= 11 is 0. The lowest BCUT2D eigenvalue weighted by Gasteiger charge is -2.33. The summed E-state index contributed by atoms with van der Waals surface area (Å²) in [4.78, 5) is 56.4. The van der Waals surface area contributed by atoms with Crippen LogP contribution in [0.3, 0.4) is 0 Å². The van der Waals surface area contributed by atoms with Crippen molar-refractivity contribution in [2.24, 2.45) is 11.8 Å². The van der Waals surface area contributed by atoms with Gasteiger partial charge in [-0.25, -0.2) is 0 Å². The van der Waals surface area contributed by atoms with Crippen molar-refractivity contribution in [2.75, 3.05) is 6.54 Å². The normalized spacial score (nSPS) is 19.9. The van der Waals surface area contributed by atoms with Gasteiger partial charge in [0.2, 0.25) is 23.6 Å². The standard InChI is InChI=1S/C32H39N3O4/c1-4-23(3)33-30(37)28(20-24-13-6-5-7-14-24)35(21-25-15-9-8-12-22(25)2)29(36)18-19-34-31(38)26-16-10-11-17-27(26)32(34)39/h5-15,23,26-28H,4,16-21H2,1-3H3,(H,33,37)/t23-,26-,27+,28+/m1/s1. The molecule has 0 aromatic heterocycles. The van der Waals surface area contributed by atoms with Crippen LogP contribution in [-0.4, -0.2) is 52.1 Å². The average Bonchev–Trinajstić information content (AvgIpc) is 3.19. The first-order valence-electron chi connectivity index (χ1n) is 14.0. The number of carbonyl (C=O) groups is 4. The number of nitrogens with zero attached hydrogens (tertiary/aromatic N) is 2. The van der Waals surface area contributed by atoms with E-state index in [4.69, 9.17) is 0 Å². The van der Waals surface area contributed by atoms with Gasteiger partial charge < -0.3 is 10.2 Å². The van der Waals surface area contributed by atoms with Gasteiger partial charge in [0.05, 0.1) is 11.8 Å². The fraction of sp³-hybridized carbons (Fsp3) is 0.438. The molecule has 7 nitrogen and oxygen atoms in total. The minimum Gasteiger partial charge on any atom is -0.352 e. The molecule has 7 heteroatoms. The summed E-state index contributed by atoms with van der Waals surface area (Å²) < 4.78 is 0. The van der Waals surface area contributed by atoms with E-state index in [0.717, 1.165) is 23.1 Å². The molecule has 39 heavy (non-hydrogen) atoms. The van der Waals surface area contributed by atoms with Crippen molar-refractivity contribution >= 4 is 23.6 Å². The number of aryl methyl sites for hydroxylation is 1. The van der Waals surface area contributed by atoms with Crippen LogP contribution in [0.4, 0.5) is 0 Å². The van der Waals surface area contributed by atoms with Gasteiger partial charge in [-0.15, -0.1) is 0 Å². The fourth-order valence-electron chi connectivity index (χ4n) is 5.41. The minimum absolute atomic E-state index is 0.0266. The molecule has 1 aliphatic carbocycles. The van der Waals surface area contributed by atoms with Gasteiger partial charge >= 0.3 is 0 Å². The van der Waals surface area contributed by atoms with Crippen LogP contribution in [0.2, 0.25) is 0 Å². The van der Waals surface area contributed by atoms with E-state index < -0.39 is 6.04 Å². The molecular weight excluding hydrogens is 490 g/mol. The Hall–Kier alpha value is -3.74. The van der Waals surface area contributed by atoms with Crippen LogP contribution in [0.25, 0.3) is 0 Å². The second kappa shape index (κ2) is 12.9. The monoisotopic (exact) mass is 529 g/mol. The van der Waals surface area contributed by atoms with Crippen molar-refractivity contribution in [3.05, 3.63) is 83.4 Å². The summed E-state index contributed by atoms with van der Waals surface area (Å²) in [7, 11) is 0. The number of hydrogen-bond acceptors (Lipinski definition) is 4. The van der Waals surface area contributed by atoms with Crippen molar-refractivity contribution < 1.29 is 19.2 Å². The molecule has 0 radical (unpaired) electrons. The van der Waals surface area contributed by atoms with Crippen molar-refractivity contribution in [3.8, 4) is 0 Å². The summed E-state index contributed by atoms with van der Waals surface area (Å²) in [5, 5.41) is 3.07. The predicted molar refractivity (Wildman–Crippen MR) is 150 cm³/mol. The molecule has 4 amide bonds. The molecule has 1 aliphatic heterocycles. The number of carbonyl (C=O) groups excluding carboxylic acids is 4. The van der Waals surface area contributed by atoms with Crippen molar-refractivity contribution in [3.63, 3.8) is 0 Å². The molecule has 2 aliphatic rings. The summed E-state index contributed by atoms with van der Waals surface area (Å²) in [6.07, 6.45) is 6.13. The van der Waals surface area contributed by atoms with E-state index in [-0.39, 0.29) is 61.0 Å². The highest BCUT2D eigenvalue weighted by molar-refractivity contribution is 6.05. The van der Waals surface area contributed by atoms with Crippen molar-refractivity contribution in [2.45, 2.75) is 71.5 Å². The van der Waals surface area contributed by atoms with E-state index in [9.17, 15) is 19.2 Å². The number of amides is 4. The molecule has 0 unspecified atom stereocenters. The number of allylic oxidation sites excluding steroid dienone is 2. The highest BCUT2D eigenvalue weighted by atomic mass is 16.2. The van der Waals surface area contributed by atoms with E-state index in [0.29, 0.717) is 19.3 Å². The van der Waals surface area contributed by atoms with E-state index in [2.05, 4.69) is 5.32 Å². The number of rotatable bonds is 11. The Kier molecular flexibility index (Phi) is 9.33. The van der Waals surface area contributed by atoms with Gasteiger partial charge in [0, 0.05) is 32.0 Å². The first-order chi connectivity index (χ1) is 18.8. The molecule has 1 fully saturated rings. The molecule has 1 heterocycles. The lowest BCUT2D eigenvalue weighted by molar-refractivity contribution is -0.144. The number of imide groups is 1. The zero-order valence-corrected chi connectivity index (χ0v) is 23.1. The van der Waals surface area contributed by atoms with Gasteiger partial charge in [-0.05, 0) is 49.8 Å². The molecule has 0 spiro atoms. The molecule has 2 aromatic rings. The highest BCUT2D eigenvalue weighted by Gasteiger charge is 2.47. The lowest BCUT2D eigenvalue weighted by Crippen LogP contribution is -2.52. The number of nitrogens with one attached hydrogen (secondary N) is 1. The van der Waals surface area contributed by atoms with Crippen molar-refractivity contribution in [1.29, 1.82) is 0 Å². The summed E-state index contributed by atoms with van der Waals surface area (Å²) in [5.41, 5.74) is 2.93. The van der Waals surface area contributed by atoms with Crippen LogP contribution < -0.4 is 5.32 Å². The van der Waals surface area contributed by atoms with Crippen LogP contribution in [0.15, 0.2) is 66.7 Å². The quantitative estimate of drug-likeness (QED) is 0.349. The van der Waals surface area contributed by atoms with E-state index in [1.807, 2.05) is 87.5 Å². The third-order valence-electron chi connectivity index (χ3n) is 8.02. The van der Waals surface area contributed by atoms with Gasteiger partial charge in [-0.2, -0.15) is 0 Å². The zero-order valence-electron chi connectivity index (χ0n) is 23.1. The Balaban J connectivity index is 1.60. The lowest BCUT2D eigenvalue weighted by atomic mass is 9.85. The van der Waals surface area contributed by atoms with Crippen LogP contribution in [-0.2, 0) is 32.1 Å². The van der Waals surface area contributed by atoms with Crippen molar-refractivity contribution in [1.82, 2.24) is 15.1 Å². The third kappa shape index (κ3) is 6.64. The summed E-state index contributed by atoms with van der Waals surface area (Å²) in [6, 6.07) is 16.7. The van der Waals surface area contributed by atoms with E-state index in [1.54, 1.807) is 4.90 Å². The molecule has 4 rings (SSSR count). The van der Waals surface area contributed by atoms with E-state index >= 15 is 0 Å². The van der Waals surface area contributed by atoms with Gasteiger partial charge in [0.15, 0.2) is 0 Å². The molecule has 4 atom stereocenters. The van der Waals surface area contributed by atoms with Crippen LogP contribution in [0.1, 0.15) is 56.2 Å². The minimum atomic E-state index is -0.745. The molecule has 206 valence electrons. The summed E-state index contributed by atoms with van der Waals surface area (Å²) in [5.74, 6) is -1.50.